The third kappa shape index (κ3) is 4.48. The van der Waals surface area contributed by atoms with Gasteiger partial charge in [-0.2, -0.15) is 0 Å². The number of benzene rings is 1. The van der Waals surface area contributed by atoms with E-state index in [9.17, 15) is 9.59 Å². The first-order valence-corrected chi connectivity index (χ1v) is 8.21. The van der Waals surface area contributed by atoms with Crippen molar-refractivity contribution in [2.75, 3.05) is 0 Å². The van der Waals surface area contributed by atoms with Crippen LogP contribution in [0.3, 0.4) is 0 Å². The second-order valence-electron chi connectivity index (χ2n) is 5.78. The molecule has 1 aromatic carbocycles. The molecule has 26 heavy (non-hydrogen) atoms. The molecule has 2 heterocycles. The summed E-state index contributed by atoms with van der Waals surface area (Å²) in [6.45, 7) is 0.299. The maximum Gasteiger partial charge on any atom is 0.254 e. The van der Waals surface area contributed by atoms with Gasteiger partial charge in [-0.05, 0) is 23.3 Å². The molecule has 0 unspecified atom stereocenters. The maximum absolute atomic E-state index is 12.3. The standard InChI is InChI=1S/C20H17BN2O3/c21-11-16-6-7-18(22-12-16)19(24)13-23-9-8-17(10-20(23)25)26-14-15-4-2-1-3-5-15/h1-10,12H,11,13-14H2. The van der Waals surface area contributed by atoms with Gasteiger partial charge in [-0.15, -0.1) is 0 Å². The SMILES string of the molecule is [B]Cc1ccc(C(=O)Cn2ccc(OCc3ccccc3)cc2=O)nc1. The minimum absolute atomic E-state index is 0.0766. The fourth-order valence-corrected chi connectivity index (χ4v) is 2.40. The molecule has 3 aromatic rings. The average Bonchev–Trinajstić information content (AvgIpc) is 2.69. The fourth-order valence-electron chi connectivity index (χ4n) is 2.40. The number of aromatic nitrogens is 2. The summed E-state index contributed by atoms with van der Waals surface area (Å²) in [6.07, 6.45) is 3.48. The summed E-state index contributed by atoms with van der Waals surface area (Å²) in [7, 11) is 5.51. The van der Waals surface area contributed by atoms with Gasteiger partial charge in [0, 0.05) is 18.5 Å². The molecular weight excluding hydrogens is 327 g/mol. The monoisotopic (exact) mass is 344 g/mol. The van der Waals surface area contributed by atoms with E-state index in [1.807, 2.05) is 30.3 Å². The maximum atomic E-state index is 12.3. The predicted molar refractivity (Wildman–Crippen MR) is 99.5 cm³/mol. The smallest absolute Gasteiger partial charge is 0.254 e. The molecule has 0 saturated carbocycles. The van der Waals surface area contributed by atoms with Gasteiger partial charge < -0.3 is 9.30 Å². The number of carbonyl (C=O) groups excluding carboxylic acids is 1. The van der Waals surface area contributed by atoms with E-state index >= 15 is 0 Å². The van der Waals surface area contributed by atoms with Crippen LogP contribution in [0.15, 0.2) is 71.8 Å². The Morgan fingerprint density at radius 1 is 1.08 bits per heavy atom. The number of Topliss-reactive ketones (excluding diaryl/α,β-unsaturated/α-hetero) is 1. The molecule has 5 nitrogen and oxygen atoms in total. The summed E-state index contributed by atoms with van der Waals surface area (Å²) in [5, 5.41) is 0. The lowest BCUT2D eigenvalue weighted by atomic mass is 9.98. The van der Waals surface area contributed by atoms with Gasteiger partial charge in [0.1, 0.15) is 18.1 Å². The molecule has 0 saturated heterocycles. The van der Waals surface area contributed by atoms with Gasteiger partial charge in [0.15, 0.2) is 0 Å². The van der Waals surface area contributed by atoms with Crippen molar-refractivity contribution in [3.63, 3.8) is 0 Å². The second kappa shape index (κ2) is 8.29. The van der Waals surface area contributed by atoms with Crippen LogP contribution in [0.4, 0.5) is 0 Å². The molecule has 0 bridgehead atoms. The molecule has 0 atom stereocenters. The van der Waals surface area contributed by atoms with E-state index in [0.717, 1.165) is 11.1 Å². The van der Waals surface area contributed by atoms with E-state index in [1.54, 1.807) is 30.6 Å². The molecule has 2 aromatic heterocycles. The first kappa shape index (κ1) is 17.7. The van der Waals surface area contributed by atoms with Crippen LogP contribution in [-0.4, -0.2) is 23.2 Å². The van der Waals surface area contributed by atoms with Gasteiger partial charge in [-0.1, -0.05) is 42.7 Å². The highest BCUT2D eigenvalue weighted by atomic mass is 16.5. The van der Waals surface area contributed by atoms with Crippen molar-refractivity contribution >= 4 is 13.6 Å². The second-order valence-corrected chi connectivity index (χ2v) is 5.78. The highest BCUT2D eigenvalue weighted by molar-refractivity contribution is 6.08. The first-order valence-electron chi connectivity index (χ1n) is 8.21. The Kier molecular flexibility index (Phi) is 5.64. The van der Waals surface area contributed by atoms with Crippen molar-refractivity contribution in [1.29, 1.82) is 0 Å². The van der Waals surface area contributed by atoms with E-state index in [-0.39, 0.29) is 17.9 Å². The van der Waals surface area contributed by atoms with Gasteiger partial charge in [0.2, 0.25) is 5.78 Å². The van der Waals surface area contributed by atoms with Gasteiger partial charge in [-0.3, -0.25) is 14.6 Å². The largest absolute Gasteiger partial charge is 0.489 e. The van der Waals surface area contributed by atoms with Crippen molar-refractivity contribution < 1.29 is 9.53 Å². The Morgan fingerprint density at radius 3 is 2.54 bits per heavy atom. The van der Waals surface area contributed by atoms with Crippen LogP contribution in [0.25, 0.3) is 0 Å². The lowest BCUT2D eigenvalue weighted by Crippen LogP contribution is -2.23. The molecular formula is C20H17BN2O3. The Bertz CT molecular complexity index is 937. The van der Waals surface area contributed by atoms with Crippen LogP contribution in [0.5, 0.6) is 5.75 Å². The fraction of sp³-hybridized carbons (Fsp3) is 0.150. The lowest BCUT2D eigenvalue weighted by molar-refractivity contribution is 0.0966. The van der Waals surface area contributed by atoms with Crippen LogP contribution in [0, 0.1) is 0 Å². The van der Waals surface area contributed by atoms with E-state index in [2.05, 4.69) is 4.98 Å². The highest BCUT2D eigenvalue weighted by Crippen LogP contribution is 2.10. The average molecular weight is 344 g/mol. The quantitative estimate of drug-likeness (QED) is 0.488. The summed E-state index contributed by atoms with van der Waals surface area (Å²) < 4.78 is 6.95. The van der Waals surface area contributed by atoms with Crippen molar-refractivity contribution in [3.05, 3.63) is 94.2 Å². The molecule has 2 radical (unpaired) electrons. The number of pyridine rings is 2. The third-order valence-electron chi connectivity index (χ3n) is 3.88. The molecule has 128 valence electrons. The van der Waals surface area contributed by atoms with Crippen molar-refractivity contribution in [3.8, 4) is 5.75 Å². The number of carbonyl (C=O) groups is 1. The lowest BCUT2D eigenvalue weighted by Gasteiger charge is -2.09. The van der Waals surface area contributed by atoms with Gasteiger partial charge in [0.25, 0.3) is 5.56 Å². The topological polar surface area (TPSA) is 61.2 Å². The zero-order chi connectivity index (χ0) is 18.4. The molecule has 0 fully saturated rings. The number of hydrogen-bond donors (Lipinski definition) is 0. The van der Waals surface area contributed by atoms with Crippen LogP contribution >= 0.6 is 0 Å². The van der Waals surface area contributed by atoms with Crippen LogP contribution in [0.1, 0.15) is 21.6 Å². The normalized spacial score (nSPS) is 10.5. The Balaban J connectivity index is 1.65. The number of nitrogens with zero attached hydrogens (tertiary/aromatic N) is 2. The number of hydrogen-bond acceptors (Lipinski definition) is 4. The van der Waals surface area contributed by atoms with Crippen LogP contribution in [0.2, 0.25) is 0 Å². The molecule has 3 rings (SSSR count). The Hall–Kier alpha value is -3.15. The van der Waals surface area contributed by atoms with Crippen LogP contribution < -0.4 is 10.3 Å². The Labute approximate surface area is 152 Å². The number of rotatable bonds is 7. The van der Waals surface area contributed by atoms with Crippen molar-refractivity contribution in [2.45, 2.75) is 19.5 Å². The van der Waals surface area contributed by atoms with Crippen molar-refractivity contribution in [2.24, 2.45) is 0 Å². The molecule has 0 aliphatic carbocycles. The van der Waals surface area contributed by atoms with E-state index in [0.29, 0.717) is 24.4 Å². The summed E-state index contributed by atoms with van der Waals surface area (Å²) in [6, 6.07) is 16.1. The summed E-state index contributed by atoms with van der Waals surface area (Å²) in [5.41, 5.74) is 1.86. The van der Waals surface area contributed by atoms with E-state index in [4.69, 9.17) is 12.6 Å². The molecule has 0 spiro atoms. The molecule has 6 heteroatoms. The minimum atomic E-state index is -0.303. The zero-order valence-electron chi connectivity index (χ0n) is 14.2. The highest BCUT2D eigenvalue weighted by Gasteiger charge is 2.10. The van der Waals surface area contributed by atoms with Gasteiger partial charge in [0.05, 0.1) is 14.4 Å². The first-order chi connectivity index (χ1) is 12.7. The molecule has 0 aliphatic rings. The van der Waals surface area contributed by atoms with Crippen molar-refractivity contribution in [1.82, 2.24) is 9.55 Å². The predicted octanol–water partition coefficient (Wildman–Crippen LogP) is 2.37. The molecule has 0 aliphatic heterocycles. The number of ketones is 1. The Morgan fingerprint density at radius 2 is 1.88 bits per heavy atom. The summed E-state index contributed by atoms with van der Waals surface area (Å²) >= 11 is 0. The summed E-state index contributed by atoms with van der Waals surface area (Å²) in [4.78, 5) is 28.6. The van der Waals surface area contributed by atoms with E-state index < -0.39 is 0 Å². The molecule has 0 amide bonds. The minimum Gasteiger partial charge on any atom is -0.489 e. The van der Waals surface area contributed by atoms with E-state index in [1.165, 1.54) is 10.6 Å². The third-order valence-corrected chi connectivity index (χ3v) is 3.88. The van der Waals surface area contributed by atoms with Gasteiger partial charge in [-0.25, -0.2) is 0 Å². The van der Waals surface area contributed by atoms with Crippen LogP contribution in [-0.2, 0) is 19.5 Å². The van der Waals surface area contributed by atoms with Gasteiger partial charge >= 0.3 is 0 Å². The zero-order valence-corrected chi connectivity index (χ0v) is 14.2. The summed E-state index contributed by atoms with van der Waals surface area (Å²) in [5.74, 6) is 0.224. The number of ether oxygens (including phenoxy) is 1. The molecule has 0 N–H and O–H groups in total.